The van der Waals surface area contributed by atoms with Crippen molar-refractivity contribution in [3.8, 4) is 0 Å². The number of aliphatic hydroxyl groups excluding tert-OH is 1. The van der Waals surface area contributed by atoms with Crippen molar-refractivity contribution in [1.82, 2.24) is 5.32 Å². The highest BCUT2D eigenvalue weighted by atomic mass is 16.5. The van der Waals surface area contributed by atoms with E-state index in [0.29, 0.717) is 32.7 Å². The monoisotopic (exact) mass is 289 g/mol. The van der Waals surface area contributed by atoms with E-state index in [1.54, 1.807) is 0 Å². The first kappa shape index (κ1) is 16.1. The van der Waals surface area contributed by atoms with Gasteiger partial charge in [0.1, 0.15) is 5.60 Å². The molecule has 0 aromatic rings. The number of nitrogens with one attached hydrogen (secondary N) is 1. The van der Waals surface area contributed by atoms with Crippen LogP contribution in [0.3, 0.4) is 0 Å². The zero-order chi connectivity index (χ0) is 14.4. The van der Waals surface area contributed by atoms with Gasteiger partial charge >= 0.3 is 0 Å². The van der Waals surface area contributed by atoms with Crippen molar-refractivity contribution in [1.29, 1.82) is 0 Å². The van der Waals surface area contributed by atoms with Crippen molar-refractivity contribution in [3.63, 3.8) is 0 Å². The number of aliphatic hydroxyl groups is 2. The third kappa shape index (κ3) is 4.65. The Morgan fingerprint density at radius 2 is 2.25 bits per heavy atom. The van der Waals surface area contributed by atoms with Crippen molar-refractivity contribution in [3.05, 3.63) is 0 Å². The first-order chi connectivity index (χ1) is 9.60. The van der Waals surface area contributed by atoms with Gasteiger partial charge in [-0.15, -0.1) is 0 Å². The van der Waals surface area contributed by atoms with E-state index in [1.807, 2.05) is 6.92 Å². The van der Waals surface area contributed by atoms with Gasteiger partial charge < -0.3 is 29.7 Å². The summed E-state index contributed by atoms with van der Waals surface area (Å²) in [6.45, 7) is 4.94. The fraction of sp³-hybridized carbons (Fsp3) is 1.00. The van der Waals surface area contributed by atoms with E-state index in [4.69, 9.17) is 14.2 Å². The van der Waals surface area contributed by atoms with E-state index in [9.17, 15) is 10.2 Å². The maximum absolute atomic E-state index is 10.3. The Hall–Kier alpha value is -0.240. The van der Waals surface area contributed by atoms with Gasteiger partial charge in [-0.1, -0.05) is 0 Å². The van der Waals surface area contributed by atoms with Gasteiger partial charge in [-0.2, -0.15) is 0 Å². The lowest BCUT2D eigenvalue weighted by Crippen LogP contribution is -2.47. The maximum atomic E-state index is 10.3. The zero-order valence-electron chi connectivity index (χ0n) is 12.2. The minimum atomic E-state index is -0.821. The molecule has 2 aliphatic rings. The Morgan fingerprint density at radius 3 is 2.90 bits per heavy atom. The minimum Gasteiger partial charge on any atom is -0.389 e. The smallest absolute Gasteiger partial charge is 0.105 e. The molecule has 2 fully saturated rings. The molecule has 4 atom stereocenters. The molecule has 0 radical (unpaired) electrons. The van der Waals surface area contributed by atoms with Gasteiger partial charge in [0.2, 0.25) is 0 Å². The summed E-state index contributed by atoms with van der Waals surface area (Å²) in [5, 5.41) is 23.2. The predicted molar refractivity (Wildman–Crippen MR) is 73.7 cm³/mol. The molecule has 0 aromatic carbocycles. The minimum absolute atomic E-state index is 0.164. The lowest BCUT2D eigenvalue weighted by molar-refractivity contribution is -0.0332. The second kappa shape index (κ2) is 7.68. The van der Waals surface area contributed by atoms with Gasteiger partial charge in [0.15, 0.2) is 0 Å². The van der Waals surface area contributed by atoms with E-state index < -0.39 is 11.7 Å². The van der Waals surface area contributed by atoms with Crippen LogP contribution in [-0.4, -0.2) is 73.6 Å². The standard InChI is InChI=1S/C14H27NO5/c1-11-14(17,4-6-19-11)10-15-7-12(16)8-18-9-13-3-2-5-20-13/h11-13,15-17H,2-10H2,1H3. The molecule has 4 unspecified atom stereocenters. The van der Waals surface area contributed by atoms with Crippen LogP contribution in [0.15, 0.2) is 0 Å². The third-order valence-electron chi connectivity index (χ3n) is 4.11. The predicted octanol–water partition coefficient (Wildman–Crippen LogP) is -0.328. The van der Waals surface area contributed by atoms with Crippen molar-refractivity contribution < 1.29 is 24.4 Å². The summed E-state index contributed by atoms with van der Waals surface area (Å²) in [6.07, 6.45) is 2.22. The number of rotatable bonds is 8. The Morgan fingerprint density at radius 1 is 1.40 bits per heavy atom. The molecule has 0 amide bonds. The van der Waals surface area contributed by atoms with Gasteiger partial charge in [-0.25, -0.2) is 0 Å². The molecule has 118 valence electrons. The largest absolute Gasteiger partial charge is 0.389 e. The van der Waals surface area contributed by atoms with E-state index in [1.165, 1.54) is 0 Å². The Kier molecular flexibility index (Phi) is 6.20. The molecule has 0 bridgehead atoms. The van der Waals surface area contributed by atoms with Gasteiger partial charge in [-0.3, -0.25) is 0 Å². The third-order valence-corrected chi connectivity index (χ3v) is 4.11. The maximum Gasteiger partial charge on any atom is 0.105 e. The fourth-order valence-electron chi connectivity index (χ4n) is 2.63. The van der Waals surface area contributed by atoms with Crippen LogP contribution in [0.25, 0.3) is 0 Å². The molecular formula is C14H27NO5. The SMILES string of the molecule is CC1OCCC1(O)CNCC(O)COCC1CCCO1. The molecule has 0 aromatic heterocycles. The number of hydrogen-bond acceptors (Lipinski definition) is 6. The van der Waals surface area contributed by atoms with Crippen molar-refractivity contribution in [2.24, 2.45) is 0 Å². The van der Waals surface area contributed by atoms with Crippen LogP contribution in [0.2, 0.25) is 0 Å². The molecule has 2 saturated heterocycles. The fourth-order valence-corrected chi connectivity index (χ4v) is 2.63. The van der Waals surface area contributed by atoms with E-state index in [0.717, 1.165) is 19.4 Å². The van der Waals surface area contributed by atoms with Crippen LogP contribution in [0.4, 0.5) is 0 Å². The summed E-state index contributed by atoms with van der Waals surface area (Å²) in [5.74, 6) is 0. The van der Waals surface area contributed by atoms with Crippen molar-refractivity contribution in [2.75, 3.05) is 39.5 Å². The van der Waals surface area contributed by atoms with Crippen LogP contribution >= 0.6 is 0 Å². The first-order valence-electron chi connectivity index (χ1n) is 7.52. The second-order valence-corrected chi connectivity index (χ2v) is 5.82. The quantitative estimate of drug-likeness (QED) is 0.568. The Labute approximate surface area is 120 Å². The summed E-state index contributed by atoms with van der Waals surface area (Å²) in [4.78, 5) is 0. The first-order valence-corrected chi connectivity index (χ1v) is 7.52. The average Bonchev–Trinajstić information content (AvgIpc) is 3.01. The van der Waals surface area contributed by atoms with Crippen LogP contribution < -0.4 is 5.32 Å². The van der Waals surface area contributed by atoms with E-state index in [-0.39, 0.29) is 18.8 Å². The Bertz CT molecular complexity index is 285. The van der Waals surface area contributed by atoms with Gasteiger partial charge in [0, 0.05) is 32.7 Å². The lowest BCUT2D eigenvalue weighted by Gasteiger charge is -2.26. The molecule has 3 N–H and O–H groups in total. The summed E-state index contributed by atoms with van der Waals surface area (Å²) in [5.41, 5.74) is -0.821. The van der Waals surface area contributed by atoms with Gasteiger partial charge in [0.05, 0.1) is 31.5 Å². The molecule has 2 rings (SSSR count). The van der Waals surface area contributed by atoms with Crippen LogP contribution in [-0.2, 0) is 14.2 Å². The normalized spacial score (nSPS) is 35.5. The van der Waals surface area contributed by atoms with Gasteiger partial charge in [0.25, 0.3) is 0 Å². The summed E-state index contributed by atoms with van der Waals surface area (Å²) in [6, 6.07) is 0. The highest BCUT2D eigenvalue weighted by Gasteiger charge is 2.39. The Balaban J connectivity index is 1.52. The zero-order valence-corrected chi connectivity index (χ0v) is 12.2. The molecular weight excluding hydrogens is 262 g/mol. The molecule has 0 aliphatic carbocycles. The van der Waals surface area contributed by atoms with Crippen LogP contribution in [0, 0.1) is 0 Å². The highest BCUT2D eigenvalue weighted by molar-refractivity contribution is 4.91. The number of hydrogen-bond donors (Lipinski definition) is 3. The van der Waals surface area contributed by atoms with E-state index >= 15 is 0 Å². The molecule has 0 saturated carbocycles. The summed E-state index contributed by atoms with van der Waals surface area (Å²) < 4.78 is 16.2. The van der Waals surface area contributed by atoms with Gasteiger partial charge in [-0.05, 0) is 19.8 Å². The van der Waals surface area contributed by atoms with Crippen molar-refractivity contribution >= 4 is 0 Å². The highest BCUT2D eigenvalue weighted by Crippen LogP contribution is 2.24. The molecule has 20 heavy (non-hydrogen) atoms. The summed E-state index contributed by atoms with van der Waals surface area (Å²) >= 11 is 0. The van der Waals surface area contributed by atoms with Crippen molar-refractivity contribution in [2.45, 2.75) is 50.1 Å². The second-order valence-electron chi connectivity index (χ2n) is 5.82. The average molecular weight is 289 g/mol. The topological polar surface area (TPSA) is 80.2 Å². The van der Waals surface area contributed by atoms with Crippen LogP contribution in [0.1, 0.15) is 26.2 Å². The molecule has 0 spiro atoms. The molecule has 2 aliphatic heterocycles. The molecule has 2 heterocycles. The summed E-state index contributed by atoms with van der Waals surface area (Å²) in [7, 11) is 0. The van der Waals surface area contributed by atoms with Crippen LogP contribution in [0.5, 0.6) is 0 Å². The number of ether oxygens (including phenoxy) is 3. The lowest BCUT2D eigenvalue weighted by atomic mass is 9.97. The molecule has 6 nitrogen and oxygen atoms in total. The van der Waals surface area contributed by atoms with E-state index in [2.05, 4.69) is 5.32 Å². The molecule has 6 heteroatoms.